The van der Waals surface area contributed by atoms with Crippen molar-refractivity contribution < 1.29 is 4.92 Å². The molecule has 0 aliphatic heterocycles. The summed E-state index contributed by atoms with van der Waals surface area (Å²) in [6.07, 6.45) is 3.40. The van der Waals surface area contributed by atoms with E-state index < -0.39 is 4.92 Å². The van der Waals surface area contributed by atoms with Gasteiger partial charge in [-0.2, -0.15) is 22.7 Å². The molecule has 0 atom stereocenters. The normalized spacial score (nSPS) is 11.5. The van der Waals surface area contributed by atoms with E-state index in [1.54, 1.807) is 41.2 Å². The molecule has 3 rings (SSSR count). The first-order chi connectivity index (χ1) is 11.2. The summed E-state index contributed by atoms with van der Waals surface area (Å²) >= 11 is 3.15. The average Bonchev–Trinajstić information content (AvgIpc) is 3.24. The molecule has 0 fully saturated rings. The van der Waals surface area contributed by atoms with Crippen molar-refractivity contribution in [2.24, 2.45) is 9.98 Å². The van der Waals surface area contributed by atoms with E-state index in [1.165, 1.54) is 12.1 Å². The maximum Gasteiger partial charge on any atom is 0.271 e. The predicted octanol–water partition coefficient (Wildman–Crippen LogP) is 5.22. The van der Waals surface area contributed by atoms with Crippen molar-refractivity contribution in [3.8, 4) is 0 Å². The fourth-order valence-electron chi connectivity index (χ4n) is 1.82. The molecule has 0 saturated heterocycles. The first kappa shape index (κ1) is 15.3. The van der Waals surface area contributed by atoms with Crippen LogP contribution in [0.15, 0.2) is 61.8 Å². The number of non-ortho nitro benzene ring substituents is 1. The second kappa shape index (κ2) is 7.08. The maximum atomic E-state index is 11.0. The fraction of sp³-hybridized carbons (Fsp3) is 0. The van der Waals surface area contributed by atoms with Crippen LogP contribution in [-0.2, 0) is 0 Å². The highest BCUT2D eigenvalue weighted by atomic mass is 32.1. The fourth-order valence-corrected chi connectivity index (χ4v) is 3.04. The molecule has 1 aromatic carbocycles. The SMILES string of the molecule is O=[N+]([O-])c1ccc(N=Cc2ccsc2)c(N=Cc2ccsc2)c1. The molecule has 0 spiro atoms. The van der Waals surface area contributed by atoms with E-state index in [1.807, 2.05) is 33.7 Å². The maximum absolute atomic E-state index is 11.0. The summed E-state index contributed by atoms with van der Waals surface area (Å²) < 4.78 is 0. The lowest BCUT2D eigenvalue weighted by atomic mass is 10.2. The lowest BCUT2D eigenvalue weighted by Crippen LogP contribution is -1.87. The molecule has 0 aliphatic carbocycles. The van der Waals surface area contributed by atoms with Crippen molar-refractivity contribution in [3.63, 3.8) is 0 Å². The molecular weight excluding hydrogens is 330 g/mol. The van der Waals surface area contributed by atoms with Gasteiger partial charge in [0.05, 0.1) is 16.3 Å². The average molecular weight is 341 g/mol. The number of aliphatic imine (C=N–C) groups is 2. The van der Waals surface area contributed by atoms with Crippen LogP contribution in [-0.4, -0.2) is 17.4 Å². The number of nitro benzene ring substituents is 1. The first-order valence-electron chi connectivity index (χ1n) is 6.63. The zero-order chi connectivity index (χ0) is 16.1. The molecule has 23 heavy (non-hydrogen) atoms. The molecule has 3 aromatic rings. The van der Waals surface area contributed by atoms with Crippen molar-refractivity contribution in [2.45, 2.75) is 0 Å². The van der Waals surface area contributed by atoms with Crippen LogP contribution in [0.4, 0.5) is 17.1 Å². The number of rotatable bonds is 5. The lowest BCUT2D eigenvalue weighted by Gasteiger charge is -2.00. The first-order valence-corrected chi connectivity index (χ1v) is 8.52. The Balaban J connectivity index is 1.95. The third kappa shape index (κ3) is 3.97. The molecular formula is C16H11N3O2S2. The van der Waals surface area contributed by atoms with Gasteiger partial charge in [-0.05, 0) is 39.7 Å². The van der Waals surface area contributed by atoms with Crippen molar-refractivity contribution >= 4 is 52.2 Å². The summed E-state index contributed by atoms with van der Waals surface area (Å²) in [5.41, 5.74) is 3.00. The quantitative estimate of drug-likeness (QED) is 0.363. The van der Waals surface area contributed by atoms with Gasteiger partial charge < -0.3 is 0 Å². The van der Waals surface area contributed by atoms with Crippen LogP contribution >= 0.6 is 22.7 Å². The van der Waals surface area contributed by atoms with Gasteiger partial charge in [-0.25, -0.2) is 0 Å². The minimum Gasteiger partial charge on any atom is -0.258 e. The second-order valence-corrected chi connectivity index (χ2v) is 6.12. The third-order valence-electron chi connectivity index (χ3n) is 2.96. The monoisotopic (exact) mass is 341 g/mol. The van der Waals surface area contributed by atoms with Crippen LogP contribution in [0.25, 0.3) is 0 Å². The van der Waals surface area contributed by atoms with Crippen LogP contribution in [0.3, 0.4) is 0 Å². The van der Waals surface area contributed by atoms with Gasteiger partial charge in [0.2, 0.25) is 0 Å². The van der Waals surface area contributed by atoms with Crippen molar-refractivity contribution in [2.75, 3.05) is 0 Å². The summed E-state index contributed by atoms with van der Waals surface area (Å²) in [5.74, 6) is 0. The summed E-state index contributed by atoms with van der Waals surface area (Å²) in [5, 5.41) is 18.8. The van der Waals surface area contributed by atoms with Crippen LogP contribution in [0.1, 0.15) is 11.1 Å². The number of benzene rings is 1. The largest absolute Gasteiger partial charge is 0.271 e. The van der Waals surface area contributed by atoms with Crippen molar-refractivity contribution in [1.29, 1.82) is 0 Å². The van der Waals surface area contributed by atoms with Gasteiger partial charge in [-0.3, -0.25) is 20.1 Å². The molecule has 0 unspecified atom stereocenters. The summed E-state index contributed by atoms with van der Waals surface area (Å²) in [7, 11) is 0. The molecule has 0 N–H and O–H groups in total. The van der Waals surface area contributed by atoms with E-state index in [0.717, 1.165) is 11.1 Å². The standard InChI is InChI=1S/C16H11N3O2S2/c20-19(21)14-1-2-15(17-8-12-3-5-22-10-12)16(7-14)18-9-13-4-6-23-11-13/h1-11H. The predicted molar refractivity (Wildman–Crippen MR) is 96.2 cm³/mol. The molecule has 5 nitrogen and oxygen atoms in total. The van der Waals surface area contributed by atoms with Gasteiger partial charge in [0, 0.05) is 35.7 Å². The molecule has 0 aliphatic rings. The van der Waals surface area contributed by atoms with Gasteiger partial charge in [0.25, 0.3) is 5.69 Å². The highest BCUT2D eigenvalue weighted by Gasteiger charge is 2.09. The highest BCUT2D eigenvalue weighted by Crippen LogP contribution is 2.32. The summed E-state index contributed by atoms with van der Waals surface area (Å²) in [4.78, 5) is 19.3. The number of hydrogen-bond donors (Lipinski definition) is 0. The van der Waals surface area contributed by atoms with Gasteiger partial charge in [-0.15, -0.1) is 0 Å². The topological polar surface area (TPSA) is 67.9 Å². The van der Waals surface area contributed by atoms with E-state index in [2.05, 4.69) is 9.98 Å². The number of hydrogen-bond acceptors (Lipinski definition) is 6. The van der Waals surface area contributed by atoms with E-state index in [0.29, 0.717) is 11.4 Å². The van der Waals surface area contributed by atoms with E-state index >= 15 is 0 Å². The van der Waals surface area contributed by atoms with Crippen LogP contribution in [0, 0.1) is 10.1 Å². The highest BCUT2D eigenvalue weighted by molar-refractivity contribution is 7.08. The molecule has 2 heterocycles. The Morgan fingerprint density at radius 1 is 0.913 bits per heavy atom. The van der Waals surface area contributed by atoms with Gasteiger partial charge in [-0.1, -0.05) is 0 Å². The van der Waals surface area contributed by atoms with Crippen LogP contribution < -0.4 is 0 Å². The Bertz CT molecular complexity index is 854. The minimum absolute atomic E-state index is 0.00282. The van der Waals surface area contributed by atoms with Crippen LogP contribution in [0.5, 0.6) is 0 Å². The molecule has 0 radical (unpaired) electrons. The lowest BCUT2D eigenvalue weighted by molar-refractivity contribution is -0.384. The number of thiophene rings is 2. The Labute approximate surface area is 140 Å². The molecule has 7 heteroatoms. The number of nitrogens with zero attached hydrogens (tertiary/aromatic N) is 3. The molecule has 0 amide bonds. The minimum atomic E-state index is -0.435. The van der Waals surface area contributed by atoms with E-state index in [9.17, 15) is 10.1 Å². The van der Waals surface area contributed by atoms with E-state index in [-0.39, 0.29) is 5.69 Å². The molecule has 114 valence electrons. The smallest absolute Gasteiger partial charge is 0.258 e. The van der Waals surface area contributed by atoms with Gasteiger partial charge in [0.1, 0.15) is 0 Å². The van der Waals surface area contributed by atoms with E-state index in [4.69, 9.17) is 0 Å². The van der Waals surface area contributed by atoms with Crippen molar-refractivity contribution in [1.82, 2.24) is 0 Å². The zero-order valence-corrected chi connectivity index (χ0v) is 13.5. The zero-order valence-electron chi connectivity index (χ0n) is 11.8. The van der Waals surface area contributed by atoms with Crippen LogP contribution in [0.2, 0.25) is 0 Å². The van der Waals surface area contributed by atoms with Crippen molar-refractivity contribution in [3.05, 3.63) is 73.1 Å². The molecule has 2 aromatic heterocycles. The number of nitro groups is 1. The Kier molecular flexibility index (Phi) is 4.70. The Hall–Kier alpha value is -2.64. The third-order valence-corrected chi connectivity index (χ3v) is 4.36. The summed E-state index contributed by atoms with van der Waals surface area (Å²) in [6, 6.07) is 8.36. The van der Waals surface area contributed by atoms with Gasteiger partial charge >= 0.3 is 0 Å². The molecule has 0 bridgehead atoms. The second-order valence-electron chi connectivity index (χ2n) is 4.56. The Morgan fingerprint density at radius 2 is 1.52 bits per heavy atom. The Morgan fingerprint density at radius 3 is 2.04 bits per heavy atom. The molecule has 0 saturated carbocycles. The van der Waals surface area contributed by atoms with Gasteiger partial charge in [0.15, 0.2) is 0 Å². The summed E-state index contributed by atoms with van der Waals surface area (Å²) in [6.45, 7) is 0.